The summed E-state index contributed by atoms with van der Waals surface area (Å²) in [7, 11) is 0. The summed E-state index contributed by atoms with van der Waals surface area (Å²) in [5, 5.41) is 17.2. The van der Waals surface area contributed by atoms with Crippen LogP contribution in [-0.2, 0) is 0 Å². The first kappa shape index (κ1) is 20.0. The Labute approximate surface area is 183 Å². The highest BCUT2D eigenvalue weighted by Gasteiger charge is 2.41. The molecule has 1 saturated heterocycles. The fourth-order valence-corrected chi connectivity index (χ4v) is 5.34. The lowest BCUT2D eigenvalue weighted by molar-refractivity contribution is 0.546. The standard InChI is InChI=1S/C22H31N9/c1-3-17-19(24)30(15(2)23)18-14-26-21(27-20(18)31(17)16-8-4-5-9-16)29-13-10-25-22(29)28-11-6-7-12-28/h10,13-14,16-17,23-24H,3-9,11-12H2,1-2H3. The molecule has 0 aromatic carbocycles. The zero-order valence-electron chi connectivity index (χ0n) is 18.4. The molecule has 164 valence electrons. The second kappa shape index (κ2) is 7.94. The van der Waals surface area contributed by atoms with Gasteiger partial charge in [0.1, 0.15) is 17.4 Å². The molecule has 4 heterocycles. The molecule has 0 amide bonds. The quantitative estimate of drug-likeness (QED) is 0.578. The topological polar surface area (TPSA) is 101 Å². The molecule has 9 heteroatoms. The van der Waals surface area contributed by atoms with E-state index in [0.29, 0.717) is 23.7 Å². The Balaban J connectivity index is 1.63. The summed E-state index contributed by atoms with van der Waals surface area (Å²) < 4.78 is 1.97. The second-order valence-electron chi connectivity index (χ2n) is 8.75. The number of fused-ring (bicyclic) bond motifs is 1. The number of nitrogens with one attached hydrogen (secondary N) is 2. The molecule has 1 aliphatic carbocycles. The highest BCUT2D eigenvalue weighted by molar-refractivity contribution is 6.21. The smallest absolute Gasteiger partial charge is 0.238 e. The van der Waals surface area contributed by atoms with E-state index in [9.17, 15) is 0 Å². The van der Waals surface area contributed by atoms with E-state index in [1.54, 1.807) is 18.0 Å². The van der Waals surface area contributed by atoms with Crippen LogP contribution in [0.3, 0.4) is 0 Å². The first-order valence-corrected chi connectivity index (χ1v) is 11.5. The monoisotopic (exact) mass is 421 g/mol. The number of amidine groups is 2. The molecular weight excluding hydrogens is 390 g/mol. The van der Waals surface area contributed by atoms with Crippen molar-refractivity contribution in [3.63, 3.8) is 0 Å². The van der Waals surface area contributed by atoms with Crippen molar-refractivity contribution >= 4 is 29.1 Å². The minimum atomic E-state index is -0.0838. The molecule has 2 aromatic rings. The van der Waals surface area contributed by atoms with Gasteiger partial charge in [-0.15, -0.1) is 0 Å². The molecular formula is C22H31N9. The minimum absolute atomic E-state index is 0.0838. The molecule has 2 aliphatic heterocycles. The number of aromatic nitrogens is 4. The van der Waals surface area contributed by atoms with Crippen molar-refractivity contribution in [3.8, 4) is 5.95 Å². The summed E-state index contributed by atoms with van der Waals surface area (Å²) in [5.74, 6) is 3.11. The predicted octanol–water partition coefficient (Wildman–Crippen LogP) is 3.58. The molecule has 0 bridgehead atoms. The summed E-state index contributed by atoms with van der Waals surface area (Å²) in [6.07, 6.45) is 13.4. The van der Waals surface area contributed by atoms with Gasteiger partial charge in [0, 0.05) is 31.5 Å². The number of anilines is 3. The van der Waals surface area contributed by atoms with Crippen LogP contribution in [0.25, 0.3) is 5.95 Å². The lowest BCUT2D eigenvalue weighted by atomic mass is 10.0. The van der Waals surface area contributed by atoms with E-state index in [-0.39, 0.29) is 6.04 Å². The Morgan fingerprint density at radius 1 is 1.13 bits per heavy atom. The van der Waals surface area contributed by atoms with Gasteiger partial charge >= 0.3 is 0 Å². The van der Waals surface area contributed by atoms with Gasteiger partial charge in [0.2, 0.25) is 11.9 Å². The molecule has 2 fully saturated rings. The average Bonchev–Trinajstić information content (AvgIpc) is 3.54. The minimum Gasteiger partial charge on any atom is -0.342 e. The molecule has 0 radical (unpaired) electrons. The molecule has 9 nitrogen and oxygen atoms in total. The Kier molecular flexibility index (Phi) is 5.11. The van der Waals surface area contributed by atoms with E-state index < -0.39 is 0 Å². The Bertz CT molecular complexity index is 985. The summed E-state index contributed by atoms with van der Waals surface area (Å²) in [4.78, 5) is 20.6. The van der Waals surface area contributed by atoms with Crippen molar-refractivity contribution in [1.29, 1.82) is 10.8 Å². The van der Waals surface area contributed by atoms with Gasteiger partial charge in [-0.25, -0.2) is 9.97 Å². The van der Waals surface area contributed by atoms with E-state index in [0.717, 1.165) is 49.8 Å². The maximum absolute atomic E-state index is 8.86. The largest absolute Gasteiger partial charge is 0.342 e. The van der Waals surface area contributed by atoms with E-state index in [1.165, 1.54) is 25.7 Å². The van der Waals surface area contributed by atoms with Crippen molar-refractivity contribution in [2.45, 2.75) is 70.9 Å². The van der Waals surface area contributed by atoms with Crippen LogP contribution in [0.5, 0.6) is 0 Å². The number of rotatable bonds is 4. The number of hydrogen-bond acceptors (Lipinski definition) is 7. The number of nitrogens with zero attached hydrogens (tertiary/aromatic N) is 7. The van der Waals surface area contributed by atoms with Crippen LogP contribution in [-0.4, -0.2) is 56.4 Å². The van der Waals surface area contributed by atoms with Crippen molar-refractivity contribution in [1.82, 2.24) is 19.5 Å². The Morgan fingerprint density at radius 2 is 1.87 bits per heavy atom. The molecule has 1 saturated carbocycles. The molecule has 1 unspecified atom stereocenters. The molecule has 5 rings (SSSR count). The van der Waals surface area contributed by atoms with Crippen molar-refractivity contribution < 1.29 is 0 Å². The predicted molar refractivity (Wildman–Crippen MR) is 123 cm³/mol. The summed E-state index contributed by atoms with van der Waals surface area (Å²) in [6.45, 7) is 5.86. The maximum atomic E-state index is 8.86. The fourth-order valence-electron chi connectivity index (χ4n) is 5.34. The highest BCUT2D eigenvalue weighted by Crippen LogP contribution is 2.40. The highest BCUT2D eigenvalue weighted by atomic mass is 15.4. The fraction of sp³-hybridized carbons (Fsp3) is 0.591. The zero-order chi connectivity index (χ0) is 21.5. The van der Waals surface area contributed by atoms with Gasteiger partial charge in [-0.1, -0.05) is 19.8 Å². The summed E-state index contributed by atoms with van der Waals surface area (Å²) in [5.41, 5.74) is 0.737. The van der Waals surface area contributed by atoms with Crippen molar-refractivity contribution in [2.24, 2.45) is 0 Å². The normalized spacial score (nSPS) is 21.8. The van der Waals surface area contributed by atoms with Crippen LogP contribution in [0.2, 0.25) is 0 Å². The van der Waals surface area contributed by atoms with E-state index in [4.69, 9.17) is 15.8 Å². The van der Waals surface area contributed by atoms with Crippen LogP contribution in [0.15, 0.2) is 18.6 Å². The van der Waals surface area contributed by atoms with Crippen LogP contribution >= 0.6 is 0 Å². The van der Waals surface area contributed by atoms with Crippen LogP contribution in [0.1, 0.15) is 58.8 Å². The van der Waals surface area contributed by atoms with E-state index in [1.807, 2.05) is 17.0 Å². The van der Waals surface area contributed by atoms with Gasteiger partial charge in [-0.05, 0) is 39.0 Å². The molecule has 3 aliphatic rings. The van der Waals surface area contributed by atoms with E-state index in [2.05, 4.69) is 26.7 Å². The first-order valence-electron chi connectivity index (χ1n) is 11.5. The van der Waals surface area contributed by atoms with Crippen molar-refractivity contribution in [2.75, 3.05) is 27.8 Å². The first-order chi connectivity index (χ1) is 15.1. The van der Waals surface area contributed by atoms with Gasteiger partial charge in [-0.2, -0.15) is 4.98 Å². The molecule has 2 N–H and O–H groups in total. The van der Waals surface area contributed by atoms with E-state index >= 15 is 0 Å². The van der Waals surface area contributed by atoms with Crippen LogP contribution < -0.4 is 14.7 Å². The summed E-state index contributed by atoms with van der Waals surface area (Å²) >= 11 is 0. The van der Waals surface area contributed by atoms with Gasteiger partial charge in [0.05, 0.1) is 12.2 Å². The van der Waals surface area contributed by atoms with Gasteiger partial charge in [0.25, 0.3) is 0 Å². The van der Waals surface area contributed by atoms with Gasteiger partial charge in [-0.3, -0.25) is 20.3 Å². The lowest BCUT2D eigenvalue weighted by Crippen LogP contribution is -2.57. The lowest BCUT2D eigenvalue weighted by Gasteiger charge is -2.45. The van der Waals surface area contributed by atoms with Gasteiger partial charge in [0.15, 0.2) is 5.82 Å². The number of imidazole rings is 1. The second-order valence-corrected chi connectivity index (χ2v) is 8.75. The average molecular weight is 422 g/mol. The van der Waals surface area contributed by atoms with Gasteiger partial charge < -0.3 is 9.80 Å². The maximum Gasteiger partial charge on any atom is 0.238 e. The van der Waals surface area contributed by atoms with Crippen molar-refractivity contribution in [3.05, 3.63) is 18.6 Å². The van der Waals surface area contributed by atoms with Crippen LogP contribution in [0, 0.1) is 10.8 Å². The molecule has 31 heavy (non-hydrogen) atoms. The third-order valence-corrected chi connectivity index (χ3v) is 6.78. The number of hydrogen-bond donors (Lipinski definition) is 2. The zero-order valence-corrected chi connectivity index (χ0v) is 18.4. The Morgan fingerprint density at radius 3 is 2.55 bits per heavy atom. The third kappa shape index (κ3) is 3.26. The Hall–Kier alpha value is -2.97. The molecule has 1 atom stereocenters. The third-order valence-electron chi connectivity index (χ3n) is 6.78. The van der Waals surface area contributed by atoms with Crippen LogP contribution in [0.4, 0.5) is 17.5 Å². The molecule has 0 spiro atoms. The molecule has 2 aromatic heterocycles. The summed E-state index contributed by atoms with van der Waals surface area (Å²) in [6, 6.07) is 0.292. The SMILES string of the molecule is CCC1C(=N)N(C(C)=N)c2cnc(-n3ccnc3N3CCCC3)nc2N1C1CCCC1.